The maximum Gasteiger partial charge on any atom is 0.287 e. The number of amides is 1. The van der Waals surface area contributed by atoms with Gasteiger partial charge in [0.2, 0.25) is 5.13 Å². The second-order valence-corrected chi connectivity index (χ2v) is 6.66. The smallest absolute Gasteiger partial charge is 0.287 e. The monoisotopic (exact) mass is 368 g/mol. The number of rotatable bonds is 8. The molecule has 1 aromatic carbocycles. The zero-order valence-corrected chi connectivity index (χ0v) is 14.7. The van der Waals surface area contributed by atoms with Crippen molar-refractivity contribution in [2.45, 2.75) is 39.0 Å². The van der Waals surface area contributed by atoms with Crippen molar-refractivity contribution in [3.05, 3.63) is 43.9 Å². The van der Waals surface area contributed by atoms with E-state index < -0.39 is 10.8 Å². The van der Waals surface area contributed by atoms with E-state index in [9.17, 15) is 14.9 Å². The van der Waals surface area contributed by atoms with Crippen molar-refractivity contribution in [3.63, 3.8) is 0 Å². The number of aryl methyl sites for hydroxylation is 1. The van der Waals surface area contributed by atoms with Gasteiger partial charge in [0.25, 0.3) is 11.6 Å². The van der Waals surface area contributed by atoms with Gasteiger partial charge in [0.1, 0.15) is 10.0 Å². The van der Waals surface area contributed by atoms with Gasteiger partial charge in [0.15, 0.2) is 0 Å². The van der Waals surface area contributed by atoms with Gasteiger partial charge < -0.3 is 0 Å². The molecule has 1 heterocycles. The minimum Gasteiger partial charge on any atom is -0.296 e. The van der Waals surface area contributed by atoms with Crippen LogP contribution in [-0.2, 0) is 6.42 Å². The lowest BCUT2D eigenvalue weighted by molar-refractivity contribution is -0.384. The van der Waals surface area contributed by atoms with Gasteiger partial charge in [-0.3, -0.25) is 20.2 Å². The van der Waals surface area contributed by atoms with Crippen molar-refractivity contribution in [2.75, 3.05) is 5.32 Å². The normalized spacial score (nSPS) is 10.6. The van der Waals surface area contributed by atoms with Crippen molar-refractivity contribution < 1.29 is 9.72 Å². The van der Waals surface area contributed by atoms with E-state index in [0.29, 0.717) is 5.13 Å². The van der Waals surface area contributed by atoms with Crippen LogP contribution in [-0.4, -0.2) is 21.0 Å². The summed E-state index contributed by atoms with van der Waals surface area (Å²) in [7, 11) is 0. The van der Waals surface area contributed by atoms with Gasteiger partial charge >= 0.3 is 0 Å². The summed E-state index contributed by atoms with van der Waals surface area (Å²) in [5.74, 6) is -0.430. The molecular formula is C15H17ClN4O3S. The molecule has 0 radical (unpaired) electrons. The van der Waals surface area contributed by atoms with Crippen molar-refractivity contribution in [2.24, 2.45) is 0 Å². The Labute approximate surface area is 148 Å². The molecule has 1 amide bonds. The van der Waals surface area contributed by atoms with Crippen molar-refractivity contribution in [1.82, 2.24) is 10.2 Å². The summed E-state index contributed by atoms with van der Waals surface area (Å²) in [5.41, 5.74) is -0.0104. The molecule has 0 aliphatic heterocycles. The number of nitro benzene ring substituents is 1. The predicted octanol–water partition coefficient (Wildman–Crippen LogP) is 4.47. The van der Waals surface area contributed by atoms with Crippen LogP contribution in [0.25, 0.3) is 0 Å². The van der Waals surface area contributed by atoms with Gasteiger partial charge in [-0.05, 0) is 18.6 Å². The molecule has 2 rings (SSSR count). The average Bonchev–Trinajstić information content (AvgIpc) is 2.98. The number of hydrogen-bond acceptors (Lipinski definition) is 6. The number of carbonyl (C=O) groups excluding carboxylic acids is 1. The second kappa shape index (κ2) is 8.70. The van der Waals surface area contributed by atoms with Crippen molar-refractivity contribution in [3.8, 4) is 0 Å². The highest BCUT2D eigenvalue weighted by Gasteiger charge is 2.16. The summed E-state index contributed by atoms with van der Waals surface area (Å²) >= 11 is 7.14. The highest BCUT2D eigenvalue weighted by Crippen LogP contribution is 2.26. The number of unbranched alkanes of at least 4 members (excludes halogenated alkanes) is 3. The molecule has 9 heteroatoms. The molecule has 24 heavy (non-hydrogen) atoms. The maximum absolute atomic E-state index is 12.2. The molecule has 0 saturated carbocycles. The molecule has 0 saturated heterocycles. The van der Waals surface area contributed by atoms with Crippen LogP contribution in [0.15, 0.2) is 18.2 Å². The molecule has 0 aliphatic rings. The van der Waals surface area contributed by atoms with E-state index in [1.54, 1.807) is 0 Å². The first-order valence-corrected chi connectivity index (χ1v) is 8.78. The lowest BCUT2D eigenvalue weighted by Crippen LogP contribution is -2.11. The number of carbonyl (C=O) groups is 1. The first-order chi connectivity index (χ1) is 11.5. The molecule has 0 atom stereocenters. The first kappa shape index (κ1) is 18.3. The molecule has 7 nitrogen and oxygen atoms in total. The summed E-state index contributed by atoms with van der Waals surface area (Å²) in [6, 6.07) is 3.82. The third-order valence-electron chi connectivity index (χ3n) is 3.34. The van der Waals surface area contributed by atoms with Crippen molar-refractivity contribution in [1.29, 1.82) is 0 Å². The summed E-state index contributed by atoms with van der Waals surface area (Å²) in [6.07, 6.45) is 5.42. The Kier molecular flexibility index (Phi) is 6.62. The standard InChI is InChI=1S/C15H17ClN4O3S/c1-2-3-4-5-6-13-18-19-15(24-13)17-14(21)10-7-8-12(20(22)23)11(16)9-10/h7-9H,2-6H2,1H3,(H,17,19,21). The summed E-state index contributed by atoms with van der Waals surface area (Å²) in [6.45, 7) is 2.16. The van der Waals surface area contributed by atoms with Crippen LogP contribution >= 0.6 is 22.9 Å². The number of hydrogen-bond donors (Lipinski definition) is 1. The number of halogens is 1. The number of benzene rings is 1. The third kappa shape index (κ3) is 4.97. The summed E-state index contributed by atoms with van der Waals surface area (Å²) < 4.78 is 0. The molecule has 0 fully saturated rings. The fraction of sp³-hybridized carbons (Fsp3) is 0.400. The van der Waals surface area contributed by atoms with Crippen LogP contribution < -0.4 is 5.32 Å². The molecule has 0 unspecified atom stereocenters. The Balaban J connectivity index is 1.96. The topological polar surface area (TPSA) is 98.0 Å². The number of nitro groups is 1. The van der Waals surface area contributed by atoms with Gasteiger partial charge in [0, 0.05) is 18.1 Å². The molecule has 0 spiro atoms. The van der Waals surface area contributed by atoms with Crippen LogP contribution in [0.4, 0.5) is 10.8 Å². The second-order valence-electron chi connectivity index (χ2n) is 5.19. The third-order valence-corrected chi connectivity index (χ3v) is 4.54. The van der Waals surface area contributed by atoms with Crippen molar-refractivity contribution >= 4 is 39.7 Å². The van der Waals surface area contributed by atoms with Crippen LogP contribution in [0.5, 0.6) is 0 Å². The predicted molar refractivity (Wildman–Crippen MR) is 93.8 cm³/mol. The zero-order chi connectivity index (χ0) is 17.5. The molecule has 0 aliphatic carbocycles. The first-order valence-electron chi connectivity index (χ1n) is 7.59. The summed E-state index contributed by atoms with van der Waals surface area (Å²) in [5, 5.41) is 22.6. The molecular weight excluding hydrogens is 352 g/mol. The lowest BCUT2D eigenvalue weighted by Gasteiger charge is -2.02. The number of anilines is 1. The fourth-order valence-electron chi connectivity index (χ4n) is 2.07. The summed E-state index contributed by atoms with van der Waals surface area (Å²) in [4.78, 5) is 22.3. The van der Waals surface area contributed by atoms with E-state index in [1.165, 1.54) is 42.4 Å². The van der Waals surface area contributed by atoms with Gasteiger partial charge in [-0.2, -0.15) is 0 Å². The SMILES string of the molecule is CCCCCCc1nnc(NC(=O)c2ccc([N+](=O)[O-])c(Cl)c2)s1. The number of nitrogens with zero attached hydrogens (tertiary/aromatic N) is 3. The number of nitrogens with one attached hydrogen (secondary N) is 1. The van der Waals surface area contributed by atoms with Crippen LogP contribution in [0, 0.1) is 10.1 Å². The van der Waals surface area contributed by atoms with E-state index in [0.717, 1.165) is 24.3 Å². The van der Waals surface area contributed by atoms with Gasteiger partial charge in [-0.15, -0.1) is 10.2 Å². The van der Waals surface area contributed by atoms with Gasteiger partial charge in [-0.1, -0.05) is 49.1 Å². The zero-order valence-electron chi connectivity index (χ0n) is 13.1. The highest BCUT2D eigenvalue weighted by molar-refractivity contribution is 7.15. The Morgan fingerprint density at radius 2 is 2.12 bits per heavy atom. The fourth-order valence-corrected chi connectivity index (χ4v) is 3.10. The molecule has 2 aromatic rings. The number of aromatic nitrogens is 2. The largest absolute Gasteiger partial charge is 0.296 e. The van der Waals surface area contributed by atoms with Gasteiger partial charge in [-0.25, -0.2) is 0 Å². The highest BCUT2D eigenvalue weighted by atomic mass is 35.5. The molecule has 0 bridgehead atoms. The van der Waals surface area contributed by atoms with E-state index in [1.807, 2.05) is 0 Å². The van der Waals surface area contributed by atoms with Crippen LogP contribution in [0.3, 0.4) is 0 Å². The molecule has 128 valence electrons. The maximum atomic E-state index is 12.2. The molecule has 1 aromatic heterocycles. The van der Waals surface area contributed by atoms with Crippen LogP contribution in [0.2, 0.25) is 5.02 Å². The average molecular weight is 369 g/mol. The minimum absolute atomic E-state index is 0.0819. The Hall–Kier alpha value is -2.06. The van der Waals surface area contributed by atoms with E-state index >= 15 is 0 Å². The quantitative estimate of drug-likeness (QED) is 0.421. The Morgan fingerprint density at radius 1 is 1.33 bits per heavy atom. The van der Waals surface area contributed by atoms with E-state index in [-0.39, 0.29) is 16.3 Å². The Bertz CT molecular complexity index is 735. The van der Waals surface area contributed by atoms with E-state index in [2.05, 4.69) is 22.4 Å². The minimum atomic E-state index is -0.598. The van der Waals surface area contributed by atoms with Crippen LogP contribution in [0.1, 0.15) is 48.0 Å². The van der Waals surface area contributed by atoms with Gasteiger partial charge in [0.05, 0.1) is 4.92 Å². The van der Waals surface area contributed by atoms with E-state index in [4.69, 9.17) is 11.6 Å². The lowest BCUT2D eigenvalue weighted by atomic mass is 10.2. The Morgan fingerprint density at radius 3 is 2.79 bits per heavy atom. The molecule has 1 N–H and O–H groups in total.